The summed E-state index contributed by atoms with van der Waals surface area (Å²) >= 11 is 0. The maximum absolute atomic E-state index is 2.69. The van der Waals surface area contributed by atoms with E-state index in [0.29, 0.717) is 5.92 Å². The summed E-state index contributed by atoms with van der Waals surface area (Å²) in [4.78, 5) is 5.39. The maximum atomic E-state index is 2.69. The van der Waals surface area contributed by atoms with Gasteiger partial charge in [0.05, 0.1) is 0 Å². The van der Waals surface area contributed by atoms with Crippen molar-refractivity contribution < 1.29 is 0 Å². The summed E-state index contributed by atoms with van der Waals surface area (Å²) in [5.41, 5.74) is 23.2. The Morgan fingerprint density at radius 2 is 0.815 bits per heavy atom. The maximum Gasteiger partial charge on any atom is 0.252 e. The molecule has 9 rings (SSSR count). The van der Waals surface area contributed by atoms with Crippen molar-refractivity contribution in [2.24, 2.45) is 0 Å². The smallest absolute Gasteiger partial charge is 0.252 e. The Kier molecular flexibility index (Phi) is 7.64. The van der Waals surface area contributed by atoms with E-state index >= 15 is 0 Å². The molecular formula is C51H59BN2. The van der Waals surface area contributed by atoms with Gasteiger partial charge in [-0.3, -0.25) is 0 Å². The van der Waals surface area contributed by atoms with Gasteiger partial charge in [-0.05, 0) is 145 Å². The summed E-state index contributed by atoms with van der Waals surface area (Å²) in [5, 5.41) is 0. The summed E-state index contributed by atoms with van der Waals surface area (Å²) in [5.74, 6) is 0.652. The summed E-state index contributed by atoms with van der Waals surface area (Å²) in [6.07, 6.45) is 4.83. The molecule has 2 heterocycles. The van der Waals surface area contributed by atoms with E-state index in [-0.39, 0.29) is 28.4 Å². The molecule has 0 bridgehead atoms. The second kappa shape index (κ2) is 11.6. The van der Waals surface area contributed by atoms with E-state index in [1.807, 2.05) is 0 Å². The van der Waals surface area contributed by atoms with E-state index in [1.54, 1.807) is 16.7 Å². The molecule has 0 aromatic heterocycles. The van der Waals surface area contributed by atoms with Crippen LogP contribution in [0.3, 0.4) is 0 Å². The highest BCUT2D eigenvalue weighted by atomic mass is 15.2. The normalized spacial score (nSPS) is 16.4. The van der Waals surface area contributed by atoms with Gasteiger partial charge in [0.1, 0.15) is 0 Å². The zero-order valence-electron chi connectivity index (χ0n) is 35.0. The number of fused-ring (bicyclic) bond motifs is 6. The van der Waals surface area contributed by atoms with Crippen LogP contribution in [0, 0.1) is 0 Å². The lowest BCUT2D eigenvalue weighted by Gasteiger charge is -2.46. The third-order valence-corrected chi connectivity index (χ3v) is 13.2. The Hall–Kier alpha value is -4.24. The second-order valence-corrected chi connectivity index (χ2v) is 21.0. The lowest BCUT2D eigenvalue weighted by Crippen LogP contribution is -2.62. The molecule has 0 saturated carbocycles. The second-order valence-electron chi connectivity index (χ2n) is 21.0. The Morgan fingerprint density at radius 3 is 1.17 bits per heavy atom. The van der Waals surface area contributed by atoms with Gasteiger partial charge >= 0.3 is 0 Å². The predicted octanol–water partition coefficient (Wildman–Crippen LogP) is 11.9. The first kappa shape index (κ1) is 35.5. The minimum Gasteiger partial charge on any atom is -0.311 e. The highest BCUT2D eigenvalue weighted by molar-refractivity contribution is 7.00. The van der Waals surface area contributed by atoms with Gasteiger partial charge < -0.3 is 9.80 Å². The van der Waals surface area contributed by atoms with Gasteiger partial charge in [0.15, 0.2) is 0 Å². The van der Waals surface area contributed by atoms with E-state index in [9.17, 15) is 0 Å². The molecule has 54 heavy (non-hydrogen) atoms. The minimum atomic E-state index is 0.0299. The molecule has 2 nitrogen and oxygen atoms in total. The third kappa shape index (κ3) is 5.35. The van der Waals surface area contributed by atoms with Crippen molar-refractivity contribution in [3.05, 3.63) is 124 Å². The lowest BCUT2D eigenvalue weighted by molar-refractivity contribution is 0.590. The molecule has 0 radical (unpaired) electrons. The molecule has 0 fully saturated rings. The molecule has 0 N–H and O–H groups in total. The van der Waals surface area contributed by atoms with Gasteiger partial charge in [-0.1, -0.05) is 132 Å². The number of benzene rings is 5. The van der Waals surface area contributed by atoms with Crippen molar-refractivity contribution in [2.45, 2.75) is 136 Å². The molecule has 0 atom stereocenters. The fourth-order valence-electron chi connectivity index (χ4n) is 10.1. The Morgan fingerprint density at radius 1 is 0.463 bits per heavy atom. The zero-order valence-corrected chi connectivity index (χ0v) is 35.0. The first-order valence-electron chi connectivity index (χ1n) is 20.6. The van der Waals surface area contributed by atoms with Crippen LogP contribution in [0.5, 0.6) is 0 Å². The van der Waals surface area contributed by atoms with Crippen molar-refractivity contribution in [3.63, 3.8) is 0 Å². The summed E-state index contributed by atoms with van der Waals surface area (Å²) in [6, 6.07) is 34.0. The number of anilines is 6. The largest absolute Gasteiger partial charge is 0.311 e. The van der Waals surface area contributed by atoms with Gasteiger partial charge in [0.25, 0.3) is 6.71 Å². The average molecular weight is 711 g/mol. The molecular weight excluding hydrogens is 651 g/mol. The number of rotatable bonds is 2. The topological polar surface area (TPSA) is 6.48 Å². The highest BCUT2D eigenvalue weighted by Gasteiger charge is 2.49. The van der Waals surface area contributed by atoms with Crippen LogP contribution < -0.4 is 26.2 Å². The van der Waals surface area contributed by atoms with Gasteiger partial charge in [0, 0.05) is 34.1 Å². The minimum absolute atomic E-state index is 0.0299. The summed E-state index contributed by atoms with van der Waals surface area (Å²) in [7, 11) is 0. The molecule has 5 aromatic carbocycles. The van der Waals surface area contributed by atoms with Crippen LogP contribution in [0.25, 0.3) is 0 Å². The predicted molar refractivity (Wildman–Crippen MR) is 235 cm³/mol. The zero-order chi connectivity index (χ0) is 38.3. The van der Waals surface area contributed by atoms with Gasteiger partial charge in [-0.25, -0.2) is 0 Å². The van der Waals surface area contributed by atoms with E-state index in [2.05, 4.69) is 178 Å². The molecule has 3 heteroatoms. The van der Waals surface area contributed by atoms with Crippen LogP contribution in [0.4, 0.5) is 34.1 Å². The monoisotopic (exact) mass is 710 g/mol. The van der Waals surface area contributed by atoms with Crippen molar-refractivity contribution in [1.29, 1.82) is 0 Å². The SMILES string of the molecule is CC(C)(C)c1ccc(N2c3ccc(C(C)(C)C)cc3B3c4cc(C(C)(C)C)ccc4N(c4ccc(C(C)(C)C)cc4)c4c5c6c(c2c43)CCC6CC5)cc1. The summed E-state index contributed by atoms with van der Waals surface area (Å²) < 4.78 is 0. The Labute approximate surface area is 326 Å². The van der Waals surface area contributed by atoms with Crippen LogP contribution in [0.15, 0.2) is 84.9 Å². The molecule has 2 aliphatic carbocycles. The molecule has 0 spiro atoms. The van der Waals surface area contributed by atoms with Crippen LogP contribution in [-0.2, 0) is 34.5 Å². The third-order valence-electron chi connectivity index (χ3n) is 13.2. The van der Waals surface area contributed by atoms with Crippen LogP contribution in [0.1, 0.15) is 141 Å². The molecule has 0 amide bonds. The van der Waals surface area contributed by atoms with Crippen molar-refractivity contribution >= 4 is 57.2 Å². The van der Waals surface area contributed by atoms with Crippen LogP contribution in [0.2, 0.25) is 0 Å². The van der Waals surface area contributed by atoms with Crippen LogP contribution >= 0.6 is 0 Å². The van der Waals surface area contributed by atoms with Gasteiger partial charge in [0.2, 0.25) is 0 Å². The van der Waals surface area contributed by atoms with Crippen molar-refractivity contribution in [3.8, 4) is 0 Å². The Balaban J connectivity index is 1.41. The number of hydrogen-bond acceptors (Lipinski definition) is 2. The molecule has 4 aliphatic rings. The fourth-order valence-corrected chi connectivity index (χ4v) is 10.1. The van der Waals surface area contributed by atoms with Crippen molar-refractivity contribution in [2.75, 3.05) is 9.80 Å². The van der Waals surface area contributed by atoms with Crippen LogP contribution in [-0.4, -0.2) is 6.71 Å². The highest BCUT2D eigenvalue weighted by Crippen LogP contribution is 2.56. The van der Waals surface area contributed by atoms with E-state index in [0.717, 1.165) is 12.8 Å². The first-order valence-corrected chi connectivity index (χ1v) is 20.6. The average Bonchev–Trinajstić information content (AvgIpc) is 3.72. The van der Waals surface area contributed by atoms with E-state index in [4.69, 9.17) is 0 Å². The standard InChI is InChI=1S/C51H59BN2/c1-48(2,3)32-15-21-36(22-16-32)53-42-27-19-34(50(7,8)9)29-40(42)52-41-30-35(51(10,11)12)20-28-43(41)54(37-23-17-33(18-24-37)49(4,5)6)47-39-26-14-31-13-25-38(44(31)39)46(53)45(47)52/h15-24,27-31H,13-14,25-26H2,1-12H3. The Bertz CT molecular complexity index is 2160. The molecule has 0 unspecified atom stereocenters. The molecule has 0 saturated heterocycles. The lowest BCUT2D eigenvalue weighted by atomic mass is 9.32. The van der Waals surface area contributed by atoms with E-state index < -0.39 is 0 Å². The number of nitrogens with zero attached hydrogens (tertiary/aromatic N) is 2. The van der Waals surface area contributed by atoms with E-state index in [1.165, 1.54) is 85.6 Å². The molecule has 276 valence electrons. The number of hydrogen-bond donors (Lipinski definition) is 0. The first-order chi connectivity index (χ1) is 25.3. The molecule has 5 aromatic rings. The van der Waals surface area contributed by atoms with Gasteiger partial charge in [-0.2, -0.15) is 0 Å². The summed E-state index contributed by atoms with van der Waals surface area (Å²) in [6.45, 7) is 28.2. The fraction of sp³-hybridized carbons (Fsp3) is 0.412. The quantitative estimate of drug-likeness (QED) is 0.165. The van der Waals surface area contributed by atoms with Gasteiger partial charge in [-0.15, -0.1) is 0 Å². The molecule has 2 aliphatic heterocycles. The van der Waals surface area contributed by atoms with Crippen molar-refractivity contribution in [1.82, 2.24) is 0 Å².